The number of nitrogens with zero attached hydrogens (tertiary/aromatic N) is 2. The van der Waals surface area contributed by atoms with Crippen molar-refractivity contribution < 1.29 is 18.3 Å². The zero-order valence-corrected chi connectivity index (χ0v) is 13.7. The van der Waals surface area contributed by atoms with Crippen LogP contribution in [0.3, 0.4) is 0 Å². The summed E-state index contributed by atoms with van der Waals surface area (Å²) in [4.78, 5) is 20.1. The molecule has 0 unspecified atom stereocenters. The van der Waals surface area contributed by atoms with Crippen LogP contribution in [0.4, 0.5) is 26.1 Å². The molecule has 2 N–H and O–H groups in total. The molecule has 0 saturated carbocycles. The lowest BCUT2D eigenvalue weighted by Gasteiger charge is -2.08. The first-order valence-electron chi connectivity index (χ1n) is 7.54. The maximum atomic E-state index is 13.6. The molecule has 0 spiro atoms. The van der Waals surface area contributed by atoms with Crippen molar-refractivity contribution >= 4 is 23.2 Å². The number of rotatable bonds is 5. The van der Waals surface area contributed by atoms with Gasteiger partial charge in [-0.3, -0.25) is 4.79 Å². The second kappa shape index (κ2) is 7.56. The Morgan fingerprint density at radius 1 is 1.04 bits per heavy atom. The molecule has 132 valence electrons. The molecule has 0 aliphatic rings. The zero-order valence-electron chi connectivity index (χ0n) is 13.7. The van der Waals surface area contributed by atoms with Gasteiger partial charge >= 0.3 is 0 Å². The smallest absolute Gasteiger partial charge is 0.258 e. The largest absolute Gasteiger partial charge is 0.497 e. The van der Waals surface area contributed by atoms with Gasteiger partial charge in [-0.15, -0.1) is 0 Å². The van der Waals surface area contributed by atoms with Crippen LogP contribution in [0, 0.1) is 11.6 Å². The summed E-state index contributed by atoms with van der Waals surface area (Å²) in [6.07, 6.45) is 2.60. The maximum absolute atomic E-state index is 13.6. The molecule has 1 aromatic heterocycles. The number of hydrogen-bond acceptors (Lipinski definition) is 5. The number of carbonyl (C=O) groups excluding carboxylic acids is 1. The molecule has 26 heavy (non-hydrogen) atoms. The summed E-state index contributed by atoms with van der Waals surface area (Å²) in [5.74, 6) is -1.09. The summed E-state index contributed by atoms with van der Waals surface area (Å²) >= 11 is 0. The van der Waals surface area contributed by atoms with Gasteiger partial charge in [-0.05, 0) is 36.4 Å². The van der Waals surface area contributed by atoms with Crippen LogP contribution in [-0.2, 0) is 0 Å². The minimum atomic E-state index is -0.769. The van der Waals surface area contributed by atoms with Crippen molar-refractivity contribution in [3.05, 3.63) is 72.1 Å². The first-order chi connectivity index (χ1) is 12.5. The number of carbonyl (C=O) groups is 1. The molecule has 3 rings (SSSR count). The van der Waals surface area contributed by atoms with Gasteiger partial charge in [0, 0.05) is 24.1 Å². The van der Waals surface area contributed by atoms with E-state index < -0.39 is 17.5 Å². The maximum Gasteiger partial charge on any atom is 0.258 e. The van der Waals surface area contributed by atoms with Crippen LogP contribution in [0.1, 0.15) is 10.4 Å². The molecule has 1 heterocycles. The Bertz CT molecular complexity index is 915. The molecule has 0 saturated heterocycles. The number of benzene rings is 2. The summed E-state index contributed by atoms with van der Waals surface area (Å²) in [5, 5.41) is 5.32. The van der Waals surface area contributed by atoms with Crippen LogP contribution in [0.2, 0.25) is 0 Å². The van der Waals surface area contributed by atoms with Gasteiger partial charge in [0.1, 0.15) is 17.4 Å². The van der Waals surface area contributed by atoms with E-state index in [2.05, 4.69) is 20.6 Å². The van der Waals surface area contributed by atoms with E-state index in [9.17, 15) is 13.6 Å². The van der Waals surface area contributed by atoms with Crippen molar-refractivity contribution in [1.82, 2.24) is 9.97 Å². The average Bonchev–Trinajstić information content (AvgIpc) is 2.65. The number of halogens is 2. The van der Waals surface area contributed by atoms with Crippen molar-refractivity contribution in [3.8, 4) is 5.75 Å². The third kappa shape index (κ3) is 4.10. The Balaban J connectivity index is 1.67. The fourth-order valence-corrected chi connectivity index (χ4v) is 2.10. The lowest BCUT2D eigenvalue weighted by atomic mass is 10.2. The number of aromatic nitrogens is 2. The highest BCUT2D eigenvalue weighted by molar-refractivity contribution is 6.03. The van der Waals surface area contributed by atoms with E-state index in [0.29, 0.717) is 11.4 Å². The topological polar surface area (TPSA) is 76.1 Å². The normalized spacial score (nSPS) is 10.3. The number of methoxy groups -OCH3 is 1. The van der Waals surface area contributed by atoms with Gasteiger partial charge in [-0.25, -0.2) is 18.7 Å². The highest BCUT2D eigenvalue weighted by Crippen LogP contribution is 2.19. The fraction of sp³-hybridized carbons (Fsp3) is 0.0556. The zero-order chi connectivity index (χ0) is 18.5. The first-order valence-corrected chi connectivity index (χ1v) is 7.54. The number of ether oxygens (including phenoxy) is 1. The third-order valence-corrected chi connectivity index (χ3v) is 3.44. The number of nitrogens with one attached hydrogen (secondary N) is 2. The van der Waals surface area contributed by atoms with Gasteiger partial charge in [-0.2, -0.15) is 0 Å². The highest BCUT2D eigenvalue weighted by Gasteiger charge is 2.09. The SMILES string of the molecule is COc1ccc(NC(=O)c2cnc(Nc3ccc(F)cc3F)nc2)cc1. The molecule has 8 heteroatoms. The van der Waals surface area contributed by atoms with Gasteiger partial charge < -0.3 is 15.4 Å². The Kier molecular flexibility index (Phi) is 5.02. The Labute approximate surface area is 147 Å². The molecule has 0 bridgehead atoms. The van der Waals surface area contributed by atoms with E-state index in [1.165, 1.54) is 18.5 Å². The van der Waals surface area contributed by atoms with Gasteiger partial charge in [0.15, 0.2) is 0 Å². The van der Waals surface area contributed by atoms with Crippen molar-refractivity contribution in [1.29, 1.82) is 0 Å². The predicted molar refractivity (Wildman–Crippen MR) is 92.6 cm³/mol. The monoisotopic (exact) mass is 356 g/mol. The van der Waals surface area contributed by atoms with E-state index in [1.807, 2.05) is 0 Å². The molecule has 0 aliphatic heterocycles. The van der Waals surface area contributed by atoms with Crippen LogP contribution in [-0.4, -0.2) is 23.0 Å². The van der Waals surface area contributed by atoms with Crippen LogP contribution >= 0.6 is 0 Å². The standard InChI is InChI=1S/C18H14F2N4O2/c1-26-14-5-3-13(4-6-14)23-17(25)11-9-21-18(22-10-11)24-16-7-2-12(19)8-15(16)20/h2-10H,1H3,(H,23,25)(H,21,22,24). The van der Waals surface area contributed by atoms with E-state index in [1.54, 1.807) is 31.4 Å². The van der Waals surface area contributed by atoms with Crippen molar-refractivity contribution in [2.75, 3.05) is 17.7 Å². The second-order valence-corrected chi connectivity index (χ2v) is 5.23. The molecule has 1 amide bonds. The van der Waals surface area contributed by atoms with E-state index in [0.717, 1.165) is 12.1 Å². The van der Waals surface area contributed by atoms with E-state index in [-0.39, 0.29) is 17.2 Å². The molecule has 0 radical (unpaired) electrons. The second-order valence-electron chi connectivity index (χ2n) is 5.23. The Morgan fingerprint density at radius 3 is 2.35 bits per heavy atom. The number of anilines is 3. The molecule has 0 aliphatic carbocycles. The molecule has 0 atom stereocenters. The Morgan fingerprint density at radius 2 is 1.73 bits per heavy atom. The lowest BCUT2D eigenvalue weighted by Crippen LogP contribution is -2.13. The van der Waals surface area contributed by atoms with Gasteiger partial charge in [0.25, 0.3) is 5.91 Å². The van der Waals surface area contributed by atoms with Crippen molar-refractivity contribution in [2.24, 2.45) is 0 Å². The highest BCUT2D eigenvalue weighted by atomic mass is 19.1. The Hall–Kier alpha value is -3.55. The third-order valence-electron chi connectivity index (χ3n) is 3.44. The van der Waals surface area contributed by atoms with E-state index >= 15 is 0 Å². The van der Waals surface area contributed by atoms with Crippen LogP contribution < -0.4 is 15.4 Å². The summed E-state index contributed by atoms with van der Waals surface area (Å²) in [5.41, 5.74) is 0.846. The summed E-state index contributed by atoms with van der Waals surface area (Å²) in [6, 6.07) is 9.93. The van der Waals surface area contributed by atoms with Crippen LogP contribution in [0.15, 0.2) is 54.9 Å². The van der Waals surface area contributed by atoms with Crippen molar-refractivity contribution in [3.63, 3.8) is 0 Å². The lowest BCUT2D eigenvalue weighted by molar-refractivity contribution is 0.102. The summed E-state index contributed by atoms with van der Waals surface area (Å²) in [7, 11) is 1.55. The van der Waals surface area contributed by atoms with Gasteiger partial charge in [0.05, 0.1) is 18.4 Å². The molecule has 2 aromatic carbocycles. The predicted octanol–water partition coefficient (Wildman–Crippen LogP) is 3.76. The molecular formula is C18H14F2N4O2. The van der Waals surface area contributed by atoms with Gasteiger partial charge in [-0.1, -0.05) is 0 Å². The first kappa shape index (κ1) is 17.3. The summed E-state index contributed by atoms with van der Waals surface area (Å²) < 4.78 is 31.6. The summed E-state index contributed by atoms with van der Waals surface area (Å²) in [6.45, 7) is 0. The molecule has 6 nitrogen and oxygen atoms in total. The fourth-order valence-electron chi connectivity index (χ4n) is 2.10. The minimum absolute atomic E-state index is 0.0295. The van der Waals surface area contributed by atoms with Gasteiger partial charge in [0.2, 0.25) is 5.95 Å². The van der Waals surface area contributed by atoms with Crippen molar-refractivity contribution in [2.45, 2.75) is 0 Å². The number of amides is 1. The molecular weight excluding hydrogens is 342 g/mol. The molecule has 3 aromatic rings. The quantitative estimate of drug-likeness (QED) is 0.728. The van der Waals surface area contributed by atoms with E-state index in [4.69, 9.17) is 4.74 Å². The van der Waals surface area contributed by atoms with Crippen LogP contribution in [0.5, 0.6) is 5.75 Å². The number of hydrogen-bond donors (Lipinski definition) is 2. The van der Waals surface area contributed by atoms with Crippen LogP contribution in [0.25, 0.3) is 0 Å². The average molecular weight is 356 g/mol. The minimum Gasteiger partial charge on any atom is -0.497 e. The molecule has 0 fully saturated rings.